The van der Waals surface area contributed by atoms with Crippen molar-refractivity contribution in [3.63, 3.8) is 0 Å². The second-order valence-electron chi connectivity index (χ2n) is 4.65. The van der Waals surface area contributed by atoms with Gasteiger partial charge < -0.3 is 5.32 Å². The van der Waals surface area contributed by atoms with Gasteiger partial charge in [0.15, 0.2) is 0 Å². The first-order valence-corrected chi connectivity index (χ1v) is 6.96. The number of unbranched alkanes of at least 4 members (excludes halogenated alkanes) is 1. The van der Waals surface area contributed by atoms with Gasteiger partial charge in [-0.2, -0.15) is 0 Å². The van der Waals surface area contributed by atoms with E-state index in [-0.39, 0.29) is 6.03 Å². The number of pyridine rings is 1. The van der Waals surface area contributed by atoms with Gasteiger partial charge in [-0.05, 0) is 24.1 Å². The third-order valence-corrected chi connectivity index (χ3v) is 3.06. The minimum Gasteiger partial charge on any atom is -0.338 e. The summed E-state index contributed by atoms with van der Waals surface area (Å²) in [6.07, 6.45) is 8.84. The highest BCUT2D eigenvalue weighted by molar-refractivity contribution is 5.89. The zero-order valence-corrected chi connectivity index (χ0v) is 12.3. The van der Waals surface area contributed by atoms with Gasteiger partial charge in [0.25, 0.3) is 0 Å². The van der Waals surface area contributed by atoms with Crippen LogP contribution in [0, 0.1) is 0 Å². The van der Waals surface area contributed by atoms with Crippen LogP contribution in [-0.4, -0.2) is 34.6 Å². The molecule has 6 nitrogen and oxygen atoms in total. The van der Waals surface area contributed by atoms with E-state index in [0.717, 1.165) is 24.0 Å². The number of urea groups is 1. The van der Waals surface area contributed by atoms with Crippen molar-refractivity contribution in [3.05, 3.63) is 36.9 Å². The van der Waals surface area contributed by atoms with E-state index in [9.17, 15) is 4.79 Å². The van der Waals surface area contributed by atoms with Gasteiger partial charge in [-0.3, -0.25) is 9.88 Å². The average molecular weight is 285 g/mol. The summed E-state index contributed by atoms with van der Waals surface area (Å²) in [6.45, 7) is 2.74. The molecule has 0 fully saturated rings. The molecule has 2 rings (SSSR count). The summed E-state index contributed by atoms with van der Waals surface area (Å²) in [7, 11) is 1.66. The molecule has 0 spiro atoms. The van der Waals surface area contributed by atoms with E-state index in [1.165, 1.54) is 4.90 Å². The second-order valence-corrected chi connectivity index (χ2v) is 4.65. The van der Waals surface area contributed by atoms with Crippen molar-refractivity contribution < 1.29 is 4.79 Å². The lowest BCUT2D eigenvalue weighted by molar-refractivity contribution is 0.247. The Labute approximate surface area is 124 Å². The fourth-order valence-electron chi connectivity index (χ4n) is 1.77. The minimum absolute atomic E-state index is 0.194. The largest absolute Gasteiger partial charge is 0.338 e. The number of anilines is 1. The highest BCUT2D eigenvalue weighted by Gasteiger charge is 2.12. The van der Waals surface area contributed by atoms with Crippen LogP contribution in [0.2, 0.25) is 0 Å². The van der Waals surface area contributed by atoms with Gasteiger partial charge in [-0.1, -0.05) is 13.3 Å². The summed E-state index contributed by atoms with van der Waals surface area (Å²) >= 11 is 0. The molecule has 1 N–H and O–H groups in total. The molecule has 0 aliphatic heterocycles. The van der Waals surface area contributed by atoms with Crippen molar-refractivity contribution in [2.75, 3.05) is 18.5 Å². The number of carbonyl (C=O) groups excluding carboxylic acids is 1. The van der Waals surface area contributed by atoms with Crippen LogP contribution in [0.3, 0.4) is 0 Å². The van der Waals surface area contributed by atoms with E-state index in [1.54, 1.807) is 31.8 Å². The Morgan fingerprint density at radius 3 is 2.48 bits per heavy atom. The quantitative estimate of drug-likeness (QED) is 0.857. The Hall–Kier alpha value is -2.50. The monoisotopic (exact) mass is 285 g/mol. The molecule has 0 aliphatic rings. The van der Waals surface area contributed by atoms with Crippen molar-refractivity contribution in [1.29, 1.82) is 0 Å². The maximum atomic E-state index is 11.9. The number of amides is 2. The maximum absolute atomic E-state index is 11.9. The predicted molar refractivity (Wildman–Crippen MR) is 82.0 cm³/mol. The molecule has 2 aromatic rings. The van der Waals surface area contributed by atoms with E-state index in [1.807, 2.05) is 12.1 Å². The molecule has 2 heterocycles. The Morgan fingerprint density at radius 2 is 1.86 bits per heavy atom. The predicted octanol–water partition coefficient (Wildman–Crippen LogP) is 2.48. The summed E-state index contributed by atoms with van der Waals surface area (Å²) in [4.78, 5) is 25.8. The second kappa shape index (κ2) is 7.33. The third kappa shape index (κ3) is 3.98. The number of aromatic nitrogens is 3. The van der Waals surface area contributed by atoms with Crippen LogP contribution in [0.1, 0.15) is 19.8 Å². The lowest BCUT2D eigenvalue weighted by atomic mass is 10.1. The normalized spacial score (nSPS) is 10.2. The first-order chi connectivity index (χ1) is 10.2. The molecule has 110 valence electrons. The molecule has 0 aliphatic carbocycles. The molecule has 0 aromatic carbocycles. The van der Waals surface area contributed by atoms with E-state index in [0.29, 0.717) is 12.5 Å². The van der Waals surface area contributed by atoms with Crippen LogP contribution in [0.4, 0.5) is 10.7 Å². The molecule has 21 heavy (non-hydrogen) atoms. The summed E-state index contributed by atoms with van der Waals surface area (Å²) in [6, 6.07) is 3.58. The smallest absolute Gasteiger partial charge is 0.324 e. The lowest BCUT2D eigenvalue weighted by Crippen LogP contribution is -2.38. The van der Waals surface area contributed by atoms with Crippen LogP contribution in [0.25, 0.3) is 11.1 Å². The first kappa shape index (κ1) is 14.9. The summed E-state index contributed by atoms with van der Waals surface area (Å²) in [5.74, 6) is 0.377. The molecular formula is C15H19N5O. The van der Waals surface area contributed by atoms with Crippen LogP contribution >= 0.6 is 0 Å². The Bertz CT molecular complexity index is 570. The maximum Gasteiger partial charge on any atom is 0.324 e. The fourth-order valence-corrected chi connectivity index (χ4v) is 1.77. The van der Waals surface area contributed by atoms with Crippen molar-refractivity contribution in [3.8, 4) is 11.1 Å². The van der Waals surface area contributed by atoms with E-state index >= 15 is 0 Å². The van der Waals surface area contributed by atoms with Crippen LogP contribution < -0.4 is 10.2 Å². The molecule has 0 atom stereocenters. The number of nitrogens with one attached hydrogen (secondary N) is 1. The summed E-state index contributed by atoms with van der Waals surface area (Å²) in [5.41, 5.74) is 1.88. The minimum atomic E-state index is -0.194. The number of hydrogen-bond donors (Lipinski definition) is 1. The zero-order chi connectivity index (χ0) is 15.1. The van der Waals surface area contributed by atoms with Crippen molar-refractivity contribution >= 4 is 12.0 Å². The highest BCUT2D eigenvalue weighted by Crippen LogP contribution is 2.17. The van der Waals surface area contributed by atoms with Gasteiger partial charge in [0.2, 0.25) is 5.95 Å². The Kier molecular flexibility index (Phi) is 5.20. The fraction of sp³-hybridized carbons (Fsp3) is 0.333. The standard InChI is InChI=1S/C15H19N5O/c1-3-4-7-17-15(21)20(2)14-18-10-13(11-19-14)12-5-8-16-9-6-12/h5-6,8-11H,3-4,7H2,1-2H3,(H,17,21). The molecule has 0 saturated carbocycles. The van der Waals surface area contributed by atoms with Crippen molar-refractivity contribution in [2.24, 2.45) is 0 Å². The van der Waals surface area contributed by atoms with Crippen LogP contribution in [-0.2, 0) is 0 Å². The first-order valence-electron chi connectivity index (χ1n) is 6.96. The van der Waals surface area contributed by atoms with Crippen LogP contribution in [0.15, 0.2) is 36.9 Å². The SMILES string of the molecule is CCCCNC(=O)N(C)c1ncc(-c2ccncc2)cn1. The molecule has 2 aromatic heterocycles. The summed E-state index contributed by atoms with van der Waals surface area (Å²) < 4.78 is 0. The Morgan fingerprint density at radius 1 is 1.19 bits per heavy atom. The van der Waals surface area contributed by atoms with Gasteiger partial charge in [0, 0.05) is 43.9 Å². The molecule has 0 saturated heterocycles. The topological polar surface area (TPSA) is 71.0 Å². The zero-order valence-electron chi connectivity index (χ0n) is 12.3. The lowest BCUT2D eigenvalue weighted by Gasteiger charge is -2.16. The molecule has 0 bridgehead atoms. The molecular weight excluding hydrogens is 266 g/mol. The third-order valence-electron chi connectivity index (χ3n) is 3.06. The number of hydrogen-bond acceptors (Lipinski definition) is 4. The van der Waals surface area contributed by atoms with Crippen molar-refractivity contribution in [1.82, 2.24) is 20.3 Å². The van der Waals surface area contributed by atoms with Gasteiger partial charge in [-0.15, -0.1) is 0 Å². The van der Waals surface area contributed by atoms with Gasteiger partial charge in [-0.25, -0.2) is 14.8 Å². The van der Waals surface area contributed by atoms with E-state index in [4.69, 9.17) is 0 Å². The van der Waals surface area contributed by atoms with Gasteiger partial charge in [0.05, 0.1) is 0 Å². The van der Waals surface area contributed by atoms with Gasteiger partial charge >= 0.3 is 6.03 Å². The molecule has 6 heteroatoms. The molecule has 0 radical (unpaired) electrons. The van der Waals surface area contributed by atoms with Gasteiger partial charge in [0.1, 0.15) is 0 Å². The van der Waals surface area contributed by atoms with E-state index in [2.05, 4.69) is 27.2 Å². The highest BCUT2D eigenvalue weighted by atomic mass is 16.2. The molecule has 0 unspecified atom stereocenters. The number of rotatable bonds is 5. The summed E-state index contributed by atoms with van der Waals surface area (Å²) in [5, 5.41) is 2.83. The number of nitrogens with zero attached hydrogens (tertiary/aromatic N) is 4. The van der Waals surface area contributed by atoms with E-state index < -0.39 is 0 Å². The number of carbonyl (C=O) groups is 1. The van der Waals surface area contributed by atoms with Crippen molar-refractivity contribution in [2.45, 2.75) is 19.8 Å². The van der Waals surface area contributed by atoms with Crippen LogP contribution in [0.5, 0.6) is 0 Å². The average Bonchev–Trinajstić information content (AvgIpc) is 2.55. The molecule has 2 amide bonds. The Balaban J connectivity index is 2.03.